The highest BCUT2D eigenvalue weighted by molar-refractivity contribution is 5.43. The lowest BCUT2D eigenvalue weighted by molar-refractivity contribution is 0.178. The summed E-state index contributed by atoms with van der Waals surface area (Å²) in [6, 6.07) is 4.84. The molecule has 1 aliphatic heterocycles. The summed E-state index contributed by atoms with van der Waals surface area (Å²) in [7, 11) is 0. The Labute approximate surface area is 88.3 Å². The van der Waals surface area contributed by atoms with Crippen molar-refractivity contribution in [2.45, 2.75) is 11.8 Å². The van der Waals surface area contributed by atoms with E-state index in [4.69, 9.17) is 10.5 Å². The van der Waals surface area contributed by atoms with Crippen LogP contribution in [0.4, 0.5) is 0 Å². The summed E-state index contributed by atoms with van der Waals surface area (Å²) < 4.78 is 5.35. The van der Waals surface area contributed by atoms with Gasteiger partial charge in [0.15, 0.2) is 11.5 Å². The third-order valence-corrected chi connectivity index (χ3v) is 3.08. The fourth-order valence-electron chi connectivity index (χ4n) is 1.97. The van der Waals surface area contributed by atoms with Crippen LogP contribution in [0.2, 0.25) is 0 Å². The molecule has 1 aromatic rings. The maximum atomic E-state index is 9.44. The molecule has 0 spiro atoms. The van der Waals surface area contributed by atoms with Gasteiger partial charge in [-0.05, 0) is 24.1 Å². The zero-order valence-corrected chi connectivity index (χ0v) is 8.44. The average molecular weight is 209 g/mol. The van der Waals surface area contributed by atoms with Gasteiger partial charge in [-0.2, -0.15) is 0 Å². The summed E-state index contributed by atoms with van der Waals surface area (Å²) in [5, 5.41) is 18.7. The van der Waals surface area contributed by atoms with E-state index in [1.54, 1.807) is 12.1 Å². The van der Waals surface area contributed by atoms with E-state index in [0.717, 1.165) is 12.0 Å². The van der Waals surface area contributed by atoms with Crippen LogP contribution in [0.25, 0.3) is 0 Å². The molecule has 0 saturated carbocycles. The van der Waals surface area contributed by atoms with Gasteiger partial charge in [0.2, 0.25) is 0 Å². The third-order valence-electron chi connectivity index (χ3n) is 3.08. The second kappa shape index (κ2) is 3.72. The Morgan fingerprint density at radius 3 is 2.67 bits per heavy atom. The molecule has 4 heteroatoms. The van der Waals surface area contributed by atoms with Crippen LogP contribution in [0.15, 0.2) is 18.2 Å². The van der Waals surface area contributed by atoms with Gasteiger partial charge in [0.1, 0.15) is 0 Å². The zero-order valence-electron chi connectivity index (χ0n) is 8.44. The second-order valence-electron chi connectivity index (χ2n) is 3.99. The van der Waals surface area contributed by atoms with E-state index in [2.05, 4.69) is 0 Å². The minimum Gasteiger partial charge on any atom is -0.504 e. The van der Waals surface area contributed by atoms with Crippen molar-refractivity contribution in [2.75, 3.05) is 19.8 Å². The number of phenols is 2. The van der Waals surface area contributed by atoms with Crippen molar-refractivity contribution < 1.29 is 14.9 Å². The molecular formula is C11H15NO3. The highest BCUT2D eigenvalue weighted by Crippen LogP contribution is 2.36. The van der Waals surface area contributed by atoms with Crippen LogP contribution in [-0.4, -0.2) is 30.0 Å². The third kappa shape index (κ3) is 1.66. The Morgan fingerprint density at radius 2 is 2.13 bits per heavy atom. The van der Waals surface area contributed by atoms with Gasteiger partial charge in [-0.3, -0.25) is 0 Å². The maximum Gasteiger partial charge on any atom is 0.157 e. The molecule has 0 aliphatic carbocycles. The van der Waals surface area contributed by atoms with E-state index in [-0.39, 0.29) is 16.9 Å². The number of benzene rings is 1. The number of hydrogen-bond acceptors (Lipinski definition) is 4. The molecule has 1 saturated heterocycles. The van der Waals surface area contributed by atoms with Crippen molar-refractivity contribution in [3.8, 4) is 11.5 Å². The first kappa shape index (κ1) is 10.3. The number of hydrogen-bond donors (Lipinski definition) is 3. The summed E-state index contributed by atoms with van der Waals surface area (Å²) in [6.45, 7) is 1.75. The maximum absolute atomic E-state index is 9.44. The highest BCUT2D eigenvalue weighted by Gasteiger charge is 2.35. The molecule has 2 rings (SSSR count). The Bertz CT molecular complexity index is 359. The first-order valence-corrected chi connectivity index (χ1v) is 4.98. The first-order chi connectivity index (χ1) is 7.18. The quantitative estimate of drug-likeness (QED) is 0.627. The lowest BCUT2D eigenvalue weighted by Crippen LogP contribution is -2.35. The Kier molecular flexibility index (Phi) is 2.54. The molecule has 4 nitrogen and oxygen atoms in total. The molecule has 15 heavy (non-hydrogen) atoms. The molecular weight excluding hydrogens is 194 g/mol. The molecule has 0 radical (unpaired) electrons. The van der Waals surface area contributed by atoms with Gasteiger partial charge in [0.05, 0.1) is 6.61 Å². The van der Waals surface area contributed by atoms with Crippen molar-refractivity contribution in [1.82, 2.24) is 0 Å². The smallest absolute Gasteiger partial charge is 0.157 e. The number of ether oxygens (including phenoxy) is 1. The van der Waals surface area contributed by atoms with Gasteiger partial charge in [-0.15, -0.1) is 0 Å². The lowest BCUT2D eigenvalue weighted by atomic mass is 9.80. The molecule has 1 atom stereocenters. The van der Waals surface area contributed by atoms with Crippen LogP contribution in [0.3, 0.4) is 0 Å². The summed E-state index contributed by atoms with van der Waals surface area (Å²) in [6.07, 6.45) is 0.855. The summed E-state index contributed by atoms with van der Waals surface area (Å²) in [5.74, 6) is -0.211. The SMILES string of the molecule is NCC1(c2ccc(O)c(O)c2)CCOC1. The minimum atomic E-state index is -0.203. The topological polar surface area (TPSA) is 75.7 Å². The standard InChI is InChI=1S/C11H15NO3/c12-6-11(3-4-15-7-11)8-1-2-9(13)10(14)5-8/h1-2,5,13-14H,3-4,6-7,12H2. The van der Waals surface area contributed by atoms with E-state index in [1.165, 1.54) is 6.07 Å². The van der Waals surface area contributed by atoms with Gasteiger partial charge in [-0.1, -0.05) is 6.07 Å². The predicted octanol–water partition coefficient (Wildman–Crippen LogP) is 0.715. The van der Waals surface area contributed by atoms with E-state index in [0.29, 0.717) is 19.8 Å². The predicted molar refractivity (Wildman–Crippen MR) is 55.9 cm³/mol. The molecule has 0 aromatic heterocycles. The zero-order chi connectivity index (χ0) is 10.9. The minimum absolute atomic E-state index is 0.104. The number of nitrogens with two attached hydrogens (primary N) is 1. The molecule has 4 N–H and O–H groups in total. The van der Waals surface area contributed by atoms with Crippen molar-refractivity contribution in [1.29, 1.82) is 0 Å². The van der Waals surface area contributed by atoms with Crippen LogP contribution in [0.5, 0.6) is 11.5 Å². The number of rotatable bonds is 2. The monoisotopic (exact) mass is 209 g/mol. The molecule has 0 bridgehead atoms. The van der Waals surface area contributed by atoms with Crippen molar-refractivity contribution in [3.63, 3.8) is 0 Å². The fourth-order valence-corrected chi connectivity index (χ4v) is 1.97. The largest absolute Gasteiger partial charge is 0.504 e. The highest BCUT2D eigenvalue weighted by atomic mass is 16.5. The average Bonchev–Trinajstić information content (AvgIpc) is 2.72. The second-order valence-corrected chi connectivity index (χ2v) is 3.99. The Hall–Kier alpha value is -1.26. The number of aromatic hydroxyl groups is 2. The molecule has 1 unspecified atom stereocenters. The van der Waals surface area contributed by atoms with E-state index in [1.807, 2.05) is 0 Å². The van der Waals surface area contributed by atoms with Gasteiger partial charge in [0.25, 0.3) is 0 Å². The van der Waals surface area contributed by atoms with Crippen LogP contribution in [-0.2, 0) is 10.2 Å². The van der Waals surface area contributed by atoms with Crippen molar-refractivity contribution in [3.05, 3.63) is 23.8 Å². The molecule has 82 valence electrons. The normalized spacial score (nSPS) is 25.7. The van der Waals surface area contributed by atoms with Crippen LogP contribution >= 0.6 is 0 Å². The van der Waals surface area contributed by atoms with Crippen molar-refractivity contribution >= 4 is 0 Å². The first-order valence-electron chi connectivity index (χ1n) is 4.98. The Balaban J connectivity index is 2.38. The van der Waals surface area contributed by atoms with Crippen LogP contribution in [0.1, 0.15) is 12.0 Å². The molecule has 1 aromatic carbocycles. The van der Waals surface area contributed by atoms with Crippen molar-refractivity contribution in [2.24, 2.45) is 5.73 Å². The fraction of sp³-hybridized carbons (Fsp3) is 0.455. The van der Waals surface area contributed by atoms with Gasteiger partial charge in [0, 0.05) is 18.6 Å². The van der Waals surface area contributed by atoms with Crippen LogP contribution in [0, 0.1) is 0 Å². The van der Waals surface area contributed by atoms with Gasteiger partial charge >= 0.3 is 0 Å². The van der Waals surface area contributed by atoms with Gasteiger partial charge in [-0.25, -0.2) is 0 Å². The van der Waals surface area contributed by atoms with E-state index >= 15 is 0 Å². The number of phenolic OH excluding ortho intramolecular Hbond substituents is 2. The summed E-state index contributed by atoms with van der Waals surface area (Å²) >= 11 is 0. The molecule has 1 aliphatic rings. The van der Waals surface area contributed by atoms with Crippen LogP contribution < -0.4 is 5.73 Å². The molecule has 1 fully saturated rings. The lowest BCUT2D eigenvalue weighted by Gasteiger charge is -2.26. The van der Waals surface area contributed by atoms with E-state index in [9.17, 15) is 10.2 Å². The molecule has 0 amide bonds. The summed E-state index contributed by atoms with van der Waals surface area (Å²) in [4.78, 5) is 0. The van der Waals surface area contributed by atoms with Gasteiger partial charge < -0.3 is 20.7 Å². The van der Waals surface area contributed by atoms with E-state index < -0.39 is 0 Å². The summed E-state index contributed by atoms with van der Waals surface area (Å²) in [5.41, 5.74) is 6.49. The molecule has 1 heterocycles. The Morgan fingerprint density at radius 1 is 1.33 bits per heavy atom.